The van der Waals surface area contributed by atoms with Crippen molar-refractivity contribution in [1.29, 1.82) is 0 Å². The Labute approximate surface area is 108 Å². The van der Waals surface area contributed by atoms with Crippen LogP contribution in [0.4, 0.5) is 5.69 Å². The van der Waals surface area contributed by atoms with Crippen LogP contribution in [0.1, 0.15) is 18.7 Å². The average molecular weight is 255 g/mol. The molecule has 0 amide bonds. The van der Waals surface area contributed by atoms with E-state index in [4.69, 9.17) is 0 Å². The van der Waals surface area contributed by atoms with Gasteiger partial charge in [0, 0.05) is 18.1 Å². The van der Waals surface area contributed by atoms with Crippen LogP contribution in [-0.4, -0.2) is 19.9 Å². The number of aromatic amines is 2. The molecule has 0 saturated carbocycles. The Morgan fingerprint density at radius 3 is 2.84 bits per heavy atom. The molecule has 0 aliphatic carbocycles. The fraction of sp³-hybridized carbons (Fsp3) is 0.154. The van der Waals surface area contributed by atoms with E-state index in [9.17, 15) is 4.79 Å². The fourth-order valence-electron chi connectivity index (χ4n) is 1.98. The second kappa shape index (κ2) is 4.56. The van der Waals surface area contributed by atoms with Gasteiger partial charge in [0.2, 0.25) is 0 Å². The van der Waals surface area contributed by atoms with Gasteiger partial charge >= 0.3 is 5.69 Å². The fourth-order valence-corrected chi connectivity index (χ4v) is 1.98. The topological polar surface area (TPSA) is 86.5 Å². The standard InChI is InChI=1S/C13H13N5O/c1-8(12-7-14-4-5-15-12)16-9-2-3-10-11(6-9)18-13(19)17-10/h2-8,16H,1H3,(H2,17,18,19). The van der Waals surface area contributed by atoms with E-state index in [0.717, 1.165) is 22.4 Å². The molecular formula is C13H13N5O. The van der Waals surface area contributed by atoms with Crippen molar-refractivity contribution in [3.8, 4) is 0 Å². The molecule has 0 radical (unpaired) electrons. The number of anilines is 1. The summed E-state index contributed by atoms with van der Waals surface area (Å²) in [4.78, 5) is 24.9. The van der Waals surface area contributed by atoms with Gasteiger partial charge in [0.25, 0.3) is 0 Å². The third-order valence-electron chi connectivity index (χ3n) is 2.93. The zero-order valence-electron chi connectivity index (χ0n) is 10.3. The first-order valence-electron chi connectivity index (χ1n) is 5.97. The summed E-state index contributed by atoms with van der Waals surface area (Å²) in [5.41, 5.74) is 3.16. The number of hydrogen-bond acceptors (Lipinski definition) is 4. The SMILES string of the molecule is CC(Nc1ccc2[nH]c(=O)[nH]c2c1)c1cnccn1. The summed E-state index contributed by atoms with van der Waals surface area (Å²) in [6.07, 6.45) is 5.04. The van der Waals surface area contributed by atoms with Crippen LogP contribution < -0.4 is 11.0 Å². The highest BCUT2D eigenvalue weighted by molar-refractivity contribution is 5.78. The Morgan fingerprint density at radius 2 is 2.05 bits per heavy atom. The van der Waals surface area contributed by atoms with Gasteiger partial charge in [-0.25, -0.2) is 4.79 Å². The molecule has 19 heavy (non-hydrogen) atoms. The summed E-state index contributed by atoms with van der Waals surface area (Å²) < 4.78 is 0. The largest absolute Gasteiger partial charge is 0.377 e. The Morgan fingerprint density at radius 1 is 1.21 bits per heavy atom. The van der Waals surface area contributed by atoms with E-state index in [0.29, 0.717) is 0 Å². The Kier molecular flexibility index (Phi) is 2.75. The molecule has 3 aromatic rings. The number of hydrogen-bond donors (Lipinski definition) is 3. The molecule has 0 bridgehead atoms. The number of fused-ring (bicyclic) bond motifs is 1. The Hall–Kier alpha value is -2.63. The van der Waals surface area contributed by atoms with Crippen LogP contribution in [0.3, 0.4) is 0 Å². The maximum Gasteiger partial charge on any atom is 0.323 e. The molecule has 0 aliphatic rings. The number of nitrogens with one attached hydrogen (secondary N) is 3. The molecule has 0 saturated heterocycles. The number of nitrogens with zero attached hydrogens (tertiary/aromatic N) is 2. The number of benzene rings is 1. The molecule has 3 N–H and O–H groups in total. The van der Waals surface area contributed by atoms with Crippen molar-refractivity contribution in [2.75, 3.05) is 5.32 Å². The highest BCUT2D eigenvalue weighted by Gasteiger charge is 2.07. The molecule has 0 fully saturated rings. The number of imidazole rings is 1. The van der Waals surface area contributed by atoms with Crippen LogP contribution in [0.2, 0.25) is 0 Å². The highest BCUT2D eigenvalue weighted by atomic mass is 16.1. The lowest BCUT2D eigenvalue weighted by Gasteiger charge is -2.14. The van der Waals surface area contributed by atoms with Crippen molar-refractivity contribution in [1.82, 2.24) is 19.9 Å². The number of rotatable bonds is 3. The van der Waals surface area contributed by atoms with Crippen molar-refractivity contribution in [2.45, 2.75) is 13.0 Å². The van der Waals surface area contributed by atoms with Gasteiger partial charge in [0.1, 0.15) is 0 Å². The minimum Gasteiger partial charge on any atom is -0.377 e. The summed E-state index contributed by atoms with van der Waals surface area (Å²) in [7, 11) is 0. The first-order chi connectivity index (χ1) is 9.22. The molecule has 1 aromatic carbocycles. The lowest BCUT2D eigenvalue weighted by Crippen LogP contribution is -2.08. The molecule has 6 nitrogen and oxygen atoms in total. The van der Waals surface area contributed by atoms with E-state index >= 15 is 0 Å². The van der Waals surface area contributed by atoms with E-state index < -0.39 is 0 Å². The van der Waals surface area contributed by atoms with Gasteiger partial charge in [-0.1, -0.05) is 0 Å². The monoisotopic (exact) mass is 255 g/mol. The minimum atomic E-state index is -0.200. The molecule has 96 valence electrons. The predicted molar refractivity (Wildman–Crippen MR) is 73.0 cm³/mol. The molecule has 0 spiro atoms. The molecule has 2 heterocycles. The number of H-pyrrole nitrogens is 2. The van der Waals surface area contributed by atoms with E-state index in [1.807, 2.05) is 25.1 Å². The quantitative estimate of drug-likeness (QED) is 0.666. The summed E-state index contributed by atoms with van der Waals surface area (Å²) in [6.45, 7) is 2.01. The lowest BCUT2D eigenvalue weighted by molar-refractivity contribution is 0.828. The molecule has 2 aromatic heterocycles. The van der Waals surface area contributed by atoms with E-state index in [1.54, 1.807) is 18.6 Å². The normalized spacial score (nSPS) is 12.5. The van der Waals surface area contributed by atoms with Crippen molar-refractivity contribution >= 4 is 16.7 Å². The van der Waals surface area contributed by atoms with E-state index in [-0.39, 0.29) is 11.7 Å². The van der Waals surface area contributed by atoms with Gasteiger partial charge in [-0.05, 0) is 25.1 Å². The highest BCUT2D eigenvalue weighted by Crippen LogP contribution is 2.19. The summed E-state index contributed by atoms with van der Waals surface area (Å²) in [6, 6.07) is 5.70. The van der Waals surface area contributed by atoms with Gasteiger partial charge in [-0.15, -0.1) is 0 Å². The van der Waals surface area contributed by atoms with Crippen LogP contribution in [-0.2, 0) is 0 Å². The zero-order chi connectivity index (χ0) is 13.2. The third kappa shape index (κ3) is 2.33. The summed E-state index contributed by atoms with van der Waals surface area (Å²) in [5, 5.41) is 3.32. The molecule has 6 heteroatoms. The Balaban J connectivity index is 1.87. The van der Waals surface area contributed by atoms with Gasteiger partial charge < -0.3 is 15.3 Å². The van der Waals surface area contributed by atoms with Crippen LogP contribution in [0, 0.1) is 0 Å². The molecule has 1 atom stereocenters. The summed E-state index contributed by atoms with van der Waals surface area (Å²) >= 11 is 0. The van der Waals surface area contributed by atoms with Crippen molar-refractivity contribution < 1.29 is 0 Å². The summed E-state index contributed by atoms with van der Waals surface area (Å²) in [5.74, 6) is 0. The second-order valence-electron chi connectivity index (χ2n) is 4.34. The van der Waals surface area contributed by atoms with E-state index in [1.165, 1.54) is 0 Å². The first-order valence-corrected chi connectivity index (χ1v) is 5.97. The second-order valence-corrected chi connectivity index (χ2v) is 4.34. The van der Waals surface area contributed by atoms with Crippen LogP contribution in [0.15, 0.2) is 41.6 Å². The molecule has 1 unspecified atom stereocenters. The van der Waals surface area contributed by atoms with Gasteiger partial charge in [-0.3, -0.25) is 9.97 Å². The van der Waals surface area contributed by atoms with Crippen molar-refractivity contribution in [2.24, 2.45) is 0 Å². The lowest BCUT2D eigenvalue weighted by atomic mass is 10.2. The average Bonchev–Trinajstić information content (AvgIpc) is 2.79. The molecule has 3 rings (SSSR count). The van der Waals surface area contributed by atoms with Crippen LogP contribution in [0.5, 0.6) is 0 Å². The smallest absolute Gasteiger partial charge is 0.323 e. The minimum absolute atomic E-state index is 0.0387. The van der Waals surface area contributed by atoms with Crippen LogP contribution >= 0.6 is 0 Å². The van der Waals surface area contributed by atoms with Crippen molar-refractivity contribution in [3.05, 3.63) is 53.0 Å². The zero-order valence-corrected chi connectivity index (χ0v) is 10.3. The predicted octanol–water partition coefficient (Wildman–Crippen LogP) is 1.82. The molecular weight excluding hydrogens is 242 g/mol. The maximum absolute atomic E-state index is 11.2. The Bertz CT molecular complexity index is 746. The van der Waals surface area contributed by atoms with Gasteiger partial charge in [0.15, 0.2) is 0 Å². The molecule has 0 aliphatic heterocycles. The first kappa shape index (κ1) is 11.5. The number of aromatic nitrogens is 4. The van der Waals surface area contributed by atoms with Gasteiger partial charge in [0.05, 0.1) is 29.0 Å². The third-order valence-corrected chi connectivity index (χ3v) is 2.93. The van der Waals surface area contributed by atoms with E-state index in [2.05, 4.69) is 25.3 Å². The van der Waals surface area contributed by atoms with Gasteiger partial charge in [-0.2, -0.15) is 0 Å². The maximum atomic E-state index is 11.2. The van der Waals surface area contributed by atoms with Crippen molar-refractivity contribution in [3.63, 3.8) is 0 Å². The van der Waals surface area contributed by atoms with Crippen LogP contribution in [0.25, 0.3) is 11.0 Å².